The van der Waals surface area contributed by atoms with Gasteiger partial charge >= 0.3 is 0 Å². The summed E-state index contributed by atoms with van der Waals surface area (Å²) in [6.45, 7) is 5.28. The maximum atomic E-state index is 12.2. The van der Waals surface area contributed by atoms with Gasteiger partial charge in [0.1, 0.15) is 11.9 Å². The fourth-order valence-corrected chi connectivity index (χ4v) is 2.49. The van der Waals surface area contributed by atoms with Crippen molar-refractivity contribution in [2.75, 3.05) is 13.1 Å². The van der Waals surface area contributed by atoms with Gasteiger partial charge in [-0.25, -0.2) is 0 Å². The molecule has 0 radical (unpaired) electrons. The first-order valence-corrected chi connectivity index (χ1v) is 7.72. The number of nitriles is 1. The Hall–Kier alpha value is -2.06. The molecular formula is C17H23N3O2. The molecule has 0 bridgehead atoms. The predicted octanol–water partition coefficient (Wildman–Crippen LogP) is 1.91. The first-order chi connectivity index (χ1) is 10.5. The summed E-state index contributed by atoms with van der Waals surface area (Å²) in [5.41, 5.74) is 6.55. The second-order valence-electron chi connectivity index (χ2n) is 6.05. The van der Waals surface area contributed by atoms with E-state index in [2.05, 4.69) is 6.07 Å². The van der Waals surface area contributed by atoms with Crippen LogP contribution >= 0.6 is 0 Å². The van der Waals surface area contributed by atoms with Crippen LogP contribution in [-0.2, 0) is 4.79 Å². The number of hydrogen-bond acceptors (Lipinski definition) is 4. The Morgan fingerprint density at radius 2 is 1.91 bits per heavy atom. The van der Waals surface area contributed by atoms with Crippen molar-refractivity contribution in [3.8, 4) is 11.8 Å². The van der Waals surface area contributed by atoms with Crippen molar-refractivity contribution in [3.05, 3.63) is 29.8 Å². The van der Waals surface area contributed by atoms with Crippen LogP contribution in [0.4, 0.5) is 0 Å². The van der Waals surface area contributed by atoms with Gasteiger partial charge in [0.2, 0.25) is 5.91 Å². The average Bonchev–Trinajstić information content (AvgIpc) is 2.55. The van der Waals surface area contributed by atoms with Crippen molar-refractivity contribution < 1.29 is 9.53 Å². The Bertz CT molecular complexity index is 540. The van der Waals surface area contributed by atoms with Gasteiger partial charge in [-0.15, -0.1) is 0 Å². The Balaban J connectivity index is 1.84. The highest BCUT2D eigenvalue weighted by Gasteiger charge is 2.28. The molecule has 1 saturated heterocycles. The van der Waals surface area contributed by atoms with Crippen molar-refractivity contribution in [2.45, 2.75) is 38.8 Å². The number of nitrogens with zero attached hydrogens (tertiary/aromatic N) is 2. The molecule has 2 N–H and O–H groups in total. The quantitative estimate of drug-likeness (QED) is 0.921. The maximum Gasteiger partial charge on any atom is 0.239 e. The summed E-state index contributed by atoms with van der Waals surface area (Å²) < 4.78 is 5.91. The molecule has 22 heavy (non-hydrogen) atoms. The van der Waals surface area contributed by atoms with E-state index in [1.807, 2.05) is 30.9 Å². The summed E-state index contributed by atoms with van der Waals surface area (Å²) in [5.74, 6) is 0.953. The van der Waals surface area contributed by atoms with Crippen LogP contribution in [0.5, 0.6) is 5.75 Å². The Morgan fingerprint density at radius 3 is 2.41 bits per heavy atom. The number of carbonyl (C=O) groups excluding carboxylic acids is 1. The van der Waals surface area contributed by atoms with Crippen molar-refractivity contribution in [3.63, 3.8) is 0 Å². The zero-order valence-corrected chi connectivity index (χ0v) is 13.2. The van der Waals surface area contributed by atoms with Gasteiger partial charge < -0.3 is 15.4 Å². The van der Waals surface area contributed by atoms with Crippen LogP contribution in [-0.4, -0.2) is 36.0 Å². The molecule has 1 unspecified atom stereocenters. The fraction of sp³-hybridized carbons (Fsp3) is 0.529. The van der Waals surface area contributed by atoms with E-state index in [0.717, 1.165) is 18.6 Å². The fourth-order valence-electron chi connectivity index (χ4n) is 2.49. The molecule has 1 aliphatic rings. The third-order valence-electron chi connectivity index (χ3n) is 4.04. The lowest BCUT2D eigenvalue weighted by Gasteiger charge is -2.34. The van der Waals surface area contributed by atoms with Crippen LogP contribution < -0.4 is 10.5 Å². The molecule has 0 saturated carbocycles. The number of benzene rings is 1. The van der Waals surface area contributed by atoms with E-state index in [1.54, 1.807) is 12.1 Å². The van der Waals surface area contributed by atoms with E-state index in [9.17, 15) is 4.79 Å². The zero-order chi connectivity index (χ0) is 16.1. The molecule has 1 atom stereocenters. The molecule has 2 rings (SSSR count). The number of carbonyl (C=O) groups is 1. The lowest BCUT2D eigenvalue weighted by molar-refractivity contribution is -0.135. The van der Waals surface area contributed by atoms with Crippen molar-refractivity contribution in [1.82, 2.24) is 4.90 Å². The minimum absolute atomic E-state index is 0.0341. The monoisotopic (exact) mass is 301 g/mol. The van der Waals surface area contributed by atoms with E-state index in [4.69, 9.17) is 15.7 Å². The van der Waals surface area contributed by atoms with E-state index in [1.165, 1.54) is 0 Å². The molecule has 0 aromatic heterocycles. The van der Waals surface area contributed by atoms with E-state index in [-0.39, 0.29) is 17.9 Å². The van der Waals surface area contributed by atoms with Crippen molar-refractivity contribution in [1.29, 1.82) is 5.26 Å². The number of likely N-dealkylation sites (tertiary alicyclic amines) is 1. The first kappa shape index (κ1) is 16.3. The summed E-state index contributed by atoms with van der Waals surface area (Å²) in [5, 5.41) is 8.78. The minimum Gasteiger partial charge on any atom is -0.490 e. The lowest BCUT2D eigenvalue weighted by atomic mass is 10.0. The Kier molecular flexibility index (Phi) is 5.40. The molecule has 118 valence electrons. The molecule has 5 heteroatoms. The van der Waals surface area contributed by atoms with Crippen LogP contribution in [0.3, 0.4) is 0 Å². The number of ether oxygens (including phenoxy) is 1. The lowest BCUT2D eigenvalue weighted by Crippen LogP contribution is -2.50. The third kappa shape index (κ3) is 3.99. The summed E-state index contributed by atoms with van der Waals surface area (Å²) in [7, 11) is 0. The molecule has 0 aliphatic carbocycles. The van der Waals surface area contributed by atoms with Crippen molar-refractivity contribution >= 4 is 5.91 Å². The molecule has 1 aromatic rings. The van der Waals surface area contributed by atoms with E-state index >= 15 is 0 Å². The normalized spacial score (nSPS) is 17.1. The number of hydrogen-bond donors (Lipinski definition) is 1. The van der Waals surface area contributed by atoms with Crippen LogP contribution in [0, 0.1) is 17.2 Å². The van der Waals surface area contributed by atoms with E-state index in [0.29, 0.717) is 18.7 Å². The SMILES string of the molecule is CC(C)C(N)C(=O)N1CCC(Oc2ccc(C#N)cc2)CC1. The Morgan fingerprint density at radius 1 is 1.32 bits per heavy atom. The standard InChI is InChI=1S/C17H23N3O2/c1-12(2)16(19)17(21)20-9-7-15(8-10-20)22-14-5-3-13(11-18)4-6-14/h3-6,12,15-16H,7-10,19H2,1-2H3. The van der Waals surface area contributed by atoms with Gasteiger partial charge in [-0.1, -0.05) is 13.8 Å². The molecule has 1 fully saturated rings. The molecule has 5 nitrogen and oxygen atoms in total. The predicted molar refractivity (Wildman–Crippen MR) is 84.2 cm³/mol. The number of rotatable bonds is 4. The van der Waals surface area contributed by atoms with Gasteiger partial charge in [0.15, 0.2) is 0 Å². The second-order valence-corrected chi connectivity index (χ2v) is 6.05. The molecule has 1 aliphatic heterocycles. The average molecular weight is 301 g/mol. The molecule has 1 aromatic carbocycles. The second kappa shape index (κ2) is 7.28. The van der Waals surface area contributed by atoms with Crippen LogP contribution in [0.1, 0.15) is 32.3 Å². The molecule has 0 spiro atoms. The number of piperidine rings is 1. The van der Waals surface area contributed by atoms with Gasteiger partial charge in [-0.2, -0.15) is 5.26 Å². The largest absolute Gasteiger partial charge is 0.490 e. The van der Waals surface area contributed by atoms with Gasteiger partial charge in [0, 0.05) is 25.9 Å². The van der Waals surface area contributed by atoms with Crippen LogP contribution in [0.15, 0.2) is 24.3 Å². The van der Waals surface area contributed by atoms with Gasteiger partial charge in [-0.05, 0) is 30.2 Å². The number of amides is 1. The maximum absolute atomic E-state index is 12.2. The third-order valence-corrected chi connectivity index (χ3v) is 4.04. The van der Waals surface area contributed by atoms with E-state index < -0.39 is 6.04 Å². The van der Waals surface area contributed by atoms with Gasteiger partial charge in [-0.3, -0.25) is 4.79 Å². The van der Waals surface area contributed by atoms with Crippen LogP contribution in [0.2, 0.25) is 0 Å². The highest BCUT2D eigenvalue weighted by atomic mass is 16.5. The zero-order valence-electron chi connectivity index (χ0n) is 13.2. The highest BCUT2D eigenvalue weighted by molar-refractivity contribution is 5.82. The molecule has 1 heterocycles. The van der Waals surface area contributed by atoms with Gasteiger partial charge in [0.05, 0.1) is 17.7 Å². The smallest absolute Gasteiger partial charge is 0.239 e. The molecular weight excluding hydrogens is 278 g/mol. The minimum atomic E-state index is -0.420. The first-order valence-electron chi connectivity index (χ1n) is 7.72. The summed E-state index contributed by atoms with van der Waals surface area (Å²) in [6.07, 6.45) is 1.71. The Labute approximate surface area is 131 Å². The van der Waals surface area contributed by atoms with Crippen LogP contribution in [0.25, 0.3) is 0 Å². The summed E-state index contributed by atoms with van der Waals surface area (Å²) in [6, 6.07) is 8.78. The topological polar surface area (TPSA) is 79.3 Å². The summed E-state index contributed by atoms with van der Waals surface area (Å²) in [4.78, 5) is 14.0. The molecule has 1 amide bonds. The highest BCUT2D eigenvalue weighted by Crippen LogP contribution is 2.20. The summed E-state index contributed by atoms with van der Waals surface area (Å²) >= 11 is 0. The number of nitrogens with two attached hydrogens (primary N) is 1. The van der Waals surface area contributed by atoms with Crippen molar-refractivity contribution in [2.24, 2.45) is 11.7 Å². The van der Waals surface area contributed by atoms with Gasteiger partial charge in [0.25, 0.3) is 0 Å².